The molecule has 0 radical (unpaired) electrons. The second-order valence-corrected chi connectivity index (χ2v) is 6.04. The zero-order valence-corrected chi connectivity index (χ0v) is 14.4. The number of anilines is 1. The number of halogens is 3. The number of pyridine rings is 1. The Labute approximate surface area is 145 Å². The van der Waals surface area contributed by atoms with Gasteiger partial charge in [-0.25, -0.2) is 9.37 Å². The van der Waals surface area contributed by atoms with E-state index in [1.54, 1.807) is 0 Å². The van der Waals surface area contributed by atoms with Crippen molar-refractivity contribution < 1.29 is 4.39 Å². The van der Waals surface area contributed by atoms with Gasteiger partial charge in [0.2, 0.25) is 0 Å². The average Bonchev–Trinajstić information content (AvgIpc) is 2.50. The molecule has 1 aromatic carbocycles. The average molecular weight is 354 g/mol. The minimum Gasteiger partial charge on any atom is -0.370 e. The molecule has 0 fully saturated rings. The van der Waals surface area contributed by atoms with E-state index in [1.165, 1.54) is 6.07 Å². The number of hydrogen-bond acceptors (Lipinski definition) is 3. The van der Waals surface area contributed by atoms with Crippen LogP contribution < -0.4 is 10.6 Å². The van der Waals surface area contributed by atoms with Crippen LogP contribution >= 0.6 is 23.2 Å². The van der Waals surface area contributed by atoms with Crippen LogP contribution in [0.2, 0.25) is 10.3 Å². The molecule has 0 amide bonds. The third-order valence-electron chi connectivity index (χ3n) is 2.98. The lowest BCUT2D eigenvalue weighted by atomic mass is 10.2. The summed E-state index contributed by atoms with van der Waals surface area (Å²) in [5.74, 6) is 0.242. The first-order valence-corrected chi connectivity index (χ1v) is 8.00. The van der Waals surface area contributed by atoms with Gasteiger partial charge in [0.15, 0.2) is 11.0 Å². The molecule has 0 aliphatic rings. The first-order valence-electron chi connectivity index (χ1n) is 7.25. The number of nitrogens with zero attached hydrogens (tertiary/aromatic N) is 1. The Morgan fingerprint density at radius 2 is 1.91 bits per heavy atom. The van der Waals surface area contributed by atoms with Gasteiger partial charge in [-0.05, 0) is 50.1 Å². The predicted octanol–water partition coefficient (Wildman–Crippen LogP) is 5.02. The summed E-state index contributed by atoms with van der Waals surface area (Å²) in [5.41, 5.74) is 1.53. The molecule has 0 bridgehead atoms. The van der Waals surface area contributed by atoms with E-state index in [-0.39, 0.29) is 16.3 Å². The Hall–Kier alpha value is -1.78. The molecule has 3 nitrogen and oxygen atoms in total. The minimum atomic E-state index is -0.575. The number of allylic oxidation sites excluding steroid dienone is 1. The standard InChI is InChI=1S/C17H18Cl2FN3/c1-11(2)21-15(22-13-6-4-3-5-7-13)9-8-12-10-14(20)17(19)23-16(12)18/h3-7,9-11,21-22H,8H2,1-2H3/b15-9-. The second kappa shape index (κ2) is 8.18. The Balaban J connectivity index is 2.18. The van der Waals surface area contributed by atoms with Crippen LogP contribution in [0.3, 0.4) is 0 Å². The highest BCUT2D eigenvalue weighted by Gasteiger charge is 2.09. The molecule has 2 rings (SSSR count). The molecular formula is C17H18Cl2FN3. The molecule has 2 N–H and O–H groups in total. The third kappa shape index (κ3) is 5.41. The summed E-state index contributed by atoms with van der Waals surface area (Å²) >= 11 is 11.6. The first kappa shape index (κ1) is 17.6. The van der Waals surface area contributed by atoms with E-state index < -0.39 is 5.82 Å². The van der Waals surface area contributed by atoms with Crippen molar-refractivity contribution >= 4 is 28.9 Å². The van der Waals surface area contributed by atoms with Crippen LogP contribution in [0.15, 0.2) is 48.3 Å². The summed E-state index contributed by atoms with van der Waals surface area (Å²) in [4.78, 5) is 3.78. The van der Waals surface area contributed by atoms with E-state index in [0.717, 1.165) is 11.5 Å². The molecule has 1 aromatic heterocycles. The third-order valence-corrected chi connectivity index (χ3v) is 3.57. The van der Waals surface area contributed by atoms with Gasteiger partial charge in [-0.3, -0.25) is 0 Å². The van der Waals surface area contributed by atoms with E-state index in [1.807, 2.05) is 50.3 Å². The summed E-state index contributed by atoms with van der Waals surface area (Å²) in [5, 5.41) is 6.59. The highest BCUT2D eigenvalue weighted by Crippen LogP contribution is 2.21. The topological polar surface area (TPSA) is 37.0 Å². The van der Waals surface area contributed by atoms with Crippen molar-refractivity contribution in [2.24, 2.45) is 0 Å². The Kier molecular flexibility index (Phi) is 6.25. The molecule has 2 aromatic rings. The molecule has 0 aliphatic carbocycles. The quantitative estimate of drug-likeness (QED) is 0.715. The Morgan fingerprint density at radius 1 is 1.22 bits per heavy atom. The molecule has 6 heteroatoms. The molecule has 0 saturated heterocycles. The molecular weight excluding hydrogens is 336 g/mol. The lowest BCUT2D eigenvalue weighted by Crippen LogP contribution is -2.26. The van der Waals surface area contributed by atoms with Gasteiger partial charge in [0.05, 0.1) is 5.82 Å². The fourth-order valence-electron chi connectivity index (χ4n) is 1.97. The molecule has 122 valence electrons. The van der Waals surface area contributed by atoms with Gasteiger partial charge in [0.1, 0.15) is 5.15 Å². The maximum Gasteiger partial charge on any atom is 0.166 e. The Bertz CT molecular complexity index is 688. The summed E-state index contributed by atoms with van der Waals surface area (Å²) in [6, 6.07) is 11.3. The predicted molar refractivity (Wildman–Crippen MR) is 94.3 cm³/mol. The molecule has 0 aliphatic heterocycles. The van der Waals surface area contributed by atoms with Gasteiger partial charge in [0.25, 0.3) is 0 Å². The number of benzene rings is 1. The van der Waals surface area contributed by atoms with Crippen molar-refractivity contribution in [3.05, 3.63) is 70.0 Å². The highest BCUT2D eigenvalue weighted by molar-refractivity contribution is 6.32. The van der Waals surface area contributed by atoms with Crippen LogP contribution in [-0.4, -0.2) is 11.0 Å². The summed E-state index contributed by atoms with van der Waals surface area (Å²) < 4.78 is 13.5. The molecule has 0 spiro atoms. The monoisotopic (exact) mass is 353 g/mol. The van der Waals surface area contributed by atoms with Crippen LogP contribution in [-0.2, 0) is 6.42 Å². The van der Waals surface area contributed by atoms with E-state index in [0.29, 0.717) is 12.0 Å². The second-order valence-electron chi connectivity index (χ2n) is 5.32. The van der Waals surface area contributed by atoms with Gasteiger partial charge in [-0.1, -0.05) is 41.4 Å². The molecule has 1 heterocycles. The minimum absolute atomic E-state index is 0.205. The highest BCUT2D eigenvalue weighted by atomic mass is 35.5. The number of aromatic nitrogens is 1. The van der Waals surface area contributed by atoms with Crippen molar-refractivity contribution in [2.75, 3.05) is 5.32 Å². The van der Waals surface area contributed by atoms with E-state index in [4.69, 9.17) is 23.2 Å². The largest absolute Gasteiger partial charge is 0.370 e. The van der Waals surface area contributed by atoms with Gasteiger partial charge < -0.3 is 10.6 Å². The van der Waals surface area contributed by atoms with Gasteiger partial charge in [0, 0.05) is 11.7 Å². The summed E-state index contributed by atoms with van der Waals surface area (Å²) in [6.45, 7) is 4.08. The van der Waals surface area contributed by atoms with Crippen molar-refractivity contribution in [2.45, 2.75) is 26.3 Å². The van der Waals surface area contributed by atoms with Crippen LogP contribution in [0.4, 0.5) is 10.1 Å². The fraction of sp³-hybridized carbons (Fsp3) is 0.235. The maximum absolute atomic E-state index is 13.5. The lowest BCUT2D eigenvalue weighted by Gasteiger charge is -2.17. The van der Waals surface area contributed by atoms with Crippen molar-refractivity contribution in [1.82, 2.24) is 10.3 Å². The molecule has 23 heavy (non-hydrogen) atoms. The summed E-state index contributed by atoms with van der Waals surface area (Å²) in [7, 11) is 0. The van der Waals surface area contributed by atoms with Crippen molar-refractivity contribution in [3.63, 3.8) is 0 Å². The van der Waals surface area contributed by atoms with Crippen LogP contribution in [0.5, 0.6) is 0 Å². The SMILES string of the molecule is CC(C)N/C(=C/Cc1cc(F)c(Cl)nc1Cl)Nc1ccccc1. The smallest absolute Gasteiger partial charge is 0.166 e. The fourth-order valence-corrected chi connectivity index (χ4v) is 2.37. The zero-order valence-electron chi connectivity index (χ0n) is 12.9. The number of hydrogen-bond donors (Lipinski definition) is 2. The maximum atomic E-state index is 13.5. The molecule has 0 unspecified atom stereocenters. The van der Waals surface area contributed by atoms with Crippen LogP contribution in [0, 0.1) is 5.82 Å². The van der Waals surface area contributed by atoms with Crippen molar-refractivity contribution in [3.8, 4) is 0 Å². The molecule has 0 saturated carbocycles. The van der Waals surface area contributed by atoms with E-state index >= 15 is 0 Å². The first-order chi connectivity index (χ1) is 11.0. The van der Waals surface area contributed by atoms with Gasteiger partial charge >= 0.3 is 0 Å². The summed E-state index contributed by atoms with van der Waals surface area (Å²) in [6.07, 6.45) is 2.33. The van der Waals surface area contributed by atoms with Crippen LogP contribution in [0.1, 0.15) is 19.4 Å². The van der Waals surface area contributed by atoms with Gasteiger partial charge in [-0.15, -0.1) is 0 Å². The normalized spacial score (nSPS) is 11.7. The molecule has 0 atom stereocenters. The number of rotatable bonds is 6. The lowest BCUT2D eigenvalue weighted by molar-refractivity contribution is 0.619. The number of para-hydroxylation sites is 1. The van der Waals surface area contributed by atoms with Crippen molar-refractivity contribution in [1.29, 1.82) is 0 Å². The van der Waals surface area contributed by atoms with Crippen LogP contribution in [0.25, 0.3) is 0 Å². The van der Waals surface area contributed by atoms with E-state index in [2.05, 4.69) is 15.6 Å². The van der Waals surface area contributed by atoms with E-state index in [9.17, 15) is 4.39 Å². The van der Waals surface area contributed by atoms with Gasteiger partial charge in [-0.2, -0.15) is 0 Å². The Morgan fingerprint density at radius 3 is 2.57 bits per heavy atom. The number of nitrogens with one attached hydrogen (secondary N) is 2. The zero-order chi connectivity index (χ0) is 16.8.